The fourth-order valence-electron chi connectivity index (χ4n) is 3.44. The highest BCUT2D eigenvalue weighted by molar-refractivity contribution is 7.92. The van der Waals surface area contributed by atoms with Crippen molar-refractivity contribution >= 4 is 22.1 Å². The molecule has 0 amide bonds. The monoisotopic (exact) mass is 445 g/mol. The van der Waals surface area contributed by atoms with Gasteiger partial charge in [-0.05, 0) is 61.8 Å². The SMILES string of the molecule is O=C(O)CCC/C=C/CC1CCCC1NS(=O)(=O)/C=C/c1ccc(C(F)(F)F)cc1. The van der Waals surface area contributed by atoms with E-state index in [1.54, 1.807) is 0 Å². The average Bonchev–Trinajstić information content (AvgIpc) is 3.08. The summed E-state index contributed by atoms with van der Waals surface area (Å²) in [6, 6.07) is 4.08. The van der Waals surface area contributed by atoms with Crippen LogP contribution >= 0.6 is 0 Å². The van der Waals surface area contributed by atoms with Crippen LogP contribution in [0, 0.1) is 5.92 Å². The number of carbonyl (C=O) groups is 1. The van der Waals surface area contributed by atoms with Gasteiger partial charge in [0, 0.05) is 17.9 Å². The molecule has 0 bridgehead atoms. The number of unbranched alkanes of at least 4 members (excludes halogenated alkanes) is 1. The lowest BCUT2D eigenvalue weighted by atomic mass is 10.00. The Bertz CT molecular complexity index is 861. The molecule has 1 fully saturated rings. The molecule has 1 aliphatic rings. The standard InChI is InChI=1S/C21H26F3NO4S/c22-21(23,24)18-12-10-16(11-13-18)14-15-30(28,29)25-19-8-5-7-17(19)6-3-1-2-4-9-20(26)27/h1,3,10-15,17,19,25H,2,4-9H2,(H,26,27)/b3-1+,15-14+. The lowest BCUT2D eigenvalue weighted by Gasteiger charge is -2.18. The molecule has 0 aromatic heterocycles. The van der Waals surface area contributed by atoms with Crippen LogP contribution in [0.5, 0.6) is 0 Å². The molecule has 2 atom stereocenters. The average molecular weight is 446 g/mol. The smallest absolute Gasteiger partial charge is 0.416 e. The van der Waals surface area contributed by atoms with Crippen molar-refractivity contribution in [3.63, 3.8) is 0 Å². The van der Waals surface area contributed by atoms with Gasteiger partial charge in [0.2, 0.25) is 10.0 Å². The van der Waals surface area contributed by atoms with Gasteiger partial charge in [0.25, 0.3) is 0 Å². The molecule has 166 valence electrons. The molecule has 5 nitrogen and oxygen atoms in total. The minimum Gasteiger partial charge on any atom is -0.481 e. The van der Waals surface area contributed by atoms with Gasteiger partial charge in [0.15, 0.2) is 0 Å². The van der Waals surface area contributed by atoms with Crippen LogP contribution in [0.4, 0.5) is 13.2 Å². The fourth-order valence-corrected chi connectivity index (χ4v) is 4.58. The zero-order valence-electron chi connectivity index (χ0n) is 16.4. The minimum absolute atomic E-state index is 0.126. The summed E-state index contributed by atoms with van der Waals surface area (Å²) in [5, 5.41) is 9.59. The van der Waals surface area contributed by atoms with E-state index in [2.05, 4.69) is 4.72 Å². The number of allylic oxidation sites excluding steroid dienone is 2. The van der Waals surface area contributed by atoms with Crippen LogP contribution in [0.25, 0.3) is 6.08 Å². The van der Waals surface area contributed by atoms with Crippen molar-refractivity contribution in [3.8, 4) is 0 Å². The van der Waals surface area contributed by atoms with E-state index in [9.17, 15) is 26.4 Å². The molecule has 2 unspecified atom stereocenters. The first kappa shape index (κ1) is 24.1. The maximum atomic E-state index is 12.6. The van der Waals surface area contributed by atoms with E-state index in [0.29, 0.717) is 24.8 Å². The first-order valence-corrected chi connectivity index (χ1v) is 11.4. The number of hydrogen-bond acceptors (Lipinski definition) is 3. The molecular weight excluding hydrogens is 419 g/mol. The lowest BCUT2D eigenvalue weighted by Crippen LogP contribution is -2.36. The third-order valence-corrected chi connectivity index (χ3v) is 6.14. The van der Waals surface area contributed by atoms with Crippen LogP contribution in [0.3, 0.4) is 0 Å². The Morgan fingerprint density at radius 2 is 1.87 bits per heavy atom. The summed E-state index contributed by atoms with van der Waals surface area (Å²) in [4.78, 5) is 10.5. The summed E-state index contributed by atoms with van der Waals surface area (Å²) in [5.41, 5.74) is -0.425. The number of aliphatic carboxylic acids is 1. The number of nitrogens with one attached hydrogen (secondary N) is 1. The first-order valence-electron chi connectivity index (χ1n) is 9.81. The van der Waals surface area contributed by atoms with Crippen LogP contribution in [-0.2, 0) is 21.0 Å². The number of carboxylic acid groups (broad SMARTS) is 1. The van der Waals surface area contributed by atoms with Crippen LogP contribution in [0.2, 0.25) is 0 Å². The van der Waals surface area contributed by atoms with Crippen molar-refractivity contribution in [2.75, 3.05) is 0 Å². The molecule has 1 aromatic carbocycles. The maximum Gasteiger partial charge on any atom is 0.416 e. The number of sulfonamides is 1. The summed E-state index contributed by atoms with van der Waals surface area (Å²) in [6.07, 6.45) is 5.35. The zero-order chi connectivity index (χ0) is 22.2. The van der Waals surface area contributed by atoms with Gasteiger partial charge in [-0.3, -0.25) is 4.79 Å². The van der Waals surface area contributed by atoms with E-state index in [0.717, 1.165) is 36.8 Å². The summed E-state index contributed by atoms with van der Waals surface area (Å²) < 4.78 is 65.2. The van der Waals surface area contributed by atoms with Gasteiger partial charge in [0.1, 0.15) is 0 Å². The van der Waals surface area contributed by atoms with Crippen molar-refractivity contribution in [1.82, 2.24) is 4.72 Å². The van der Waals surface area contributed by atoms with E-state index in [-0.39, 0.29) is 18.4 Å². The molecule has 2 N–H and O–H groups in total. The van der Waals surface area contributed by atoms with Crippen LogP contribution in [0.1, 0.15) is 56.1 Å². The second-order valence-electron chi connectivity index (χ2n) is 7.38. The second kappa shape index (κ2) is 10.8. The van der Waals surface area contributed by atoms with Crippen molar-refractivity contribution in [1.29, 1.82) is 0 Å². The van der Waals surface area contributed by atoms with Crippen LogP contribution < -0.4 is 4.72 Å². The molecule has 0 heterocycles. The van der Waals surface area contributed by atoms with Gasteiger partial charge in [-0.15, -0.1) is 0 Å². The Morgan fingerprint density at radius 1 is 1.17 bits per heavy atom. The topological polar surface area (TPSA) is 83.5 Å². The van der Waals surface area contributed by atoms with E-state index < -0.39 is 27.7 Å². The molecule has 1 saturated carbocycles. The number of hydrogen-bond donors (Lipinski definition) is 2. The fraction of sp³-hybridized carbons (Fsp3) is 0.476. The highest BCUT2D eigenvalue weighted by Crippen LogP contribution is 2.30. The molecule has 0 spiro atoms. The Kier molecular flexibility index (Phi) is 8.66. The van der Waals surface area contributed by atoms with Crippen molar-refractivity contribution < 1.29 is 31.5 Å². The van der Waals surface area contributed by atoms with E-state index in [1.807, 2.05) is 12.2 Å². The van der Waals surface area contributed by atoms with Gasteiger partial charge in [0.05, 0.1) is 5.56 Å². The van der Waals surface area contributed by atoms with Gasteiger partial charge in [-0.2, -0.15) is 13.2 Å². The normalized spacial score (nSPS) is 20.4. The Hall–Kier alpha value is -2.13. The predicted molar refractivity (Wildman–Crippen MR) is 109 cm³/mol. The van der Waals surface area contributed by atoms with Gasteiger partial charge < -0.3 is 5.11 Å². The molecule has 0 aliphatic heterocycles. The molecule has 0 saturated heterocycles. The quantitative estimate of drug-likeness (QED) is 0.394. The Labute approximate surface area is 174 Å². The van der Waals surface area contributed by atoms with Crippen molar-refractivity contribution in [2.24, 2.45) is 5.92 Å². The highest BCUT2D eigenvalue weighted by atomic mass is 32.2. The summed E-state index contributed by atoms with van der Waals surface area (Å²) in [7, 11) is -3.73. The third-order valence-electron chi connectivity index (χ3n) is 5.02. The predicted octanol–water partition coefficient (Wildman–Crippen LogP) is 4.97. The highest BCUT2D eigenvalue weighted by Gasteiger charge is 2.30. The van der Waals surface area contributed by atoms with Gasteiger partial charge >= 0.3 is 12.1 Å². The zero-order valence-corrected chi connectivity index (χ0v) is 17.3. The summed E-state index contributed by atoms with van der Waals surface area (Å²) in [6.45, 7) is 0. The molecule has 30 heavy (non-hydrogen) atoms. The number of carboxylic acids is 1. The van der Waals surface area contributed by atoms with Crippen molar-refractivity contribution in [2.45, 2.75) is 57.2 Å². The molecule has 2 rings (SSSR count). The Morgan fingerprint density at radius 3 is 2.50 bits per heavy atom. The molecule has 9 heteroatoms. The van der Waals surface area contributed by atoms with Gasteiger partial charge in [-0.1, -0.05) is 30.7 Å². The molecule has 1 aliphatic carbocycles. The Balaban J connectivity index is 1.88. The van der Waals surface area contributed by atoms with Crippen LogP contribution in [0.15, 0.2) is 41.8 Å². The summed E-state index contributed by atoms with van der Waals surface area (Å²) >= 11 is 0. The van der Waals surface area contributed by atoms with E-state index in [4.69, 9.17) is 5.11 Å². The number of rotatable bonds is 10. The molecular formula is C21H26F3NO4S. The van der Waals surface area contributed by atoms with E-state index in [1.165, 1.54) is 18.2 Å². The third kappa shape index (κ3) is 8.31. The molecule has 0 radical (unpaired) electrons. The van der Waals surface area contributed by atoms with Gasteiger partial charge in [-0.25, -0.2) is 13.1 Å². The molecule has 1 aromatic rings. The minimum atomic E-state index is -4.43. The largest absolute Gasteiger partial charge is 0.481 e. The lowest BCUT2D eigenvalue weighted by molar-refractivity contribution is -0.138. The maximum absolute atomic E-state index is 12.6. The number of halogens is 3. The second-order valence-corrected chi connectivity index (χ2v) is 8.97. The first-order chi connectivity index (χ1) is 14.1. The van der Waals surface area contributed by atoms with E-state index >= 15 is 0 Å². The number of alkyl halides is 3. The summed E-state index contributed by atoms with van der Waals surface area (Å²) in [5.74, 6) is -0.659. The number of benzene rings is 1. The van der Waals surface area contributed by atoms with Crippen molar-refractivity contribution in [3.05, 3.63) is 53.0 Å². The van der Waals surface area contributed by atoms with Crippen LogP contribution in [-0.4, -0.2) is 25.5 Å².